The number of benzene rings is 2. The molecular formula is C22H23FN4O. The van der Waals surface area contributed by atoms with Crippen LogP contribution in [0.2, 0.25) is 0 Å². The average Bonchev–Trinajstić information content (AvgIpc) is 3.25. The van der Waals surface area contributed by atoms with E-state index in [2.05, 4.69) is 39.5 Å². The molecule has 28 heavy (non-hydrogen) atoms. The van der Waals surface area contributed by atoms with Gasteiger partial charge in [-0.2, -0.15) is 0 Å². The Labute approximate surface area is 164 Å². The Morgan fingerprint density at radius 2 is 1.75 bits per heavy atom. The SMILES string of the molecule is COc1ccc(-n2cc(C(F)=C3CCN(Cc4ccccc4)CC3)nn2)cc1. The number of ether oxygens (including phenoxy) is 1. The van der Waals surface area contributed by atoms with Crippen LogP contribution in [0, 0.1) is 0 Å². The van der Waals surface area contributed by atoms with Gasteiger partial charge in [0.15, 0.2) is 5.83 Å². The van der Waals surface area contributed by atoms with Gasteiger partial charge in [-0.1, -0.05) is 35.5 Å². The van der Waals surface area contributed by atoms with Crippen LogP contribution >= 0.6 is 0 Å². The van der Waals surface area contributed by atoms with Crippen LogP contribution in [0.5, 0.6) is 5.75 Å². The normalized spacial score (nSPS) is 14.9. The van der Waals surface area contributed by atoms with E-state index in [1.807, 2.05) is 30.3 Å². The molecule has 1 fully saturated rings. The number of likely N-dealkylation sites (tertiary alicyclic amines) is 1. The predicted molar refractivity (Wildman–Crippen MR) is 107 cm³/mol. The highest BCUT2D eigenvalue weighted by molar-refractivity contribution is 5.59. The summed E-state index contributed by atoms with van der Waals surface area (Å²) in [7, 11) is 1.62. The summed E-state index contributed by atoms with van der Waals surface area (Å²) < 4.78 is 21.7. The van der Waals surface area contributed by atoms with Crippen molar-refractivity contribution in [2.45, 2.75) is 19.4 Å². The van der Waals surface area contributed by atoms with Crippen LogP contribution in [-0.4, -0.2) is 40.1 Å². The second-order valence-corrected chi connectivity index (χ2v) is 6.93. The van der Waals surface area contributed by atoms with Gasteiger partial charge in [0.1, 0.15) is 11.4 Å². The first kappa shape index (κ1) is 18.4. The van der Waals surface area contributed by atoms with Crippen molar-refractivity contribution in [3.63, 3.8) is 0 Å². The van der Waals surface area contributed by atoms with E-state index < -0.39 is 0 Å². The second-order valence-electron chi connectivity index (χ2n) is 6.93. The van der Waals surface area contributed by atoms with E-state index in [-0.39, 0.29) is 5.83 Å². The Morgan fingerprint density at radius 3 is 2.43 bits per heavy atom. The minimum Gasteiger partial charge on any atom is -0.497 e. The van der Waals surface area contributed by atoms with E-state index in [0.717, 1.165) is 36.6 Å². The van der Waals surface area contributed by atoms with Crippen LogP contribution in [0.25, 0.3) is 11.5 Å². The van der Waals surface area contributed by atoms with Crippen molar-refractivity contribution in [3.8, 4) is 11.4 Å². The highest BCUT2D eigenvalue weighted by Gasteiger charge is 2.20. The lowest BCUT2D eigenvalue weighted by Crippen LogP contribution is -2.30. The molecule has 0 spiro atoms. The number of hydrogen-bond acceptors (Lipinski definition) is 4. The van der Waals surface area contributed by atoms with E-state index in [1.165, 1.54) is 5.56 Å². The summed E-state index contributed by atoms with van der Waals surface area (Å²) in [6.07, 6.45) is 3.07. The molecule has 0 aliphatic carbocycles. The van der Waals surface area contributed by atoms with Crippen molar-refractivity contribution in [1.29, 1.82) is 0 Å². The van der Waals surface area contributed by atoms with E-state index in [1.54, 1.807) is 18.0 Å². The third kappa shape index (κ3) is 4.12. The smallest absolute Gasteiger partial charge is 0.151 e. The van der Waals surface area contributed by atoms with Crippen molar-refractivity contribution >= 4 is 5.83 Å². The molecule has 1 aromatic heterocycles. The fraction of sp³-hybridized carbons (Fsp3) is 0.273. The number of aromatic nitrogens is 3. The summed E-state index contributed by atoms with van der Waals surface area (Å²) in [5, 5.41) is 8.10. The average molecular weight is 378 g/mol. The molecule has 5 nitrogen and oxygen atoms in total. The van der Waals surface area contributed by atoms with Crippen molar-refractivity contribution < 1.29 is 9.13 Å². The first-order chi connectivity index (χ1) is 13.7. The summed E-state index contributed by atoms with van der Waals surface area (Å²) in [5.74, 6) is 0.527. The third-order valence-corrected chi connectivity index (χ3v) is 5.07. The maximum atomic E-state index is 14.9. The fourth-order valence-electron chi connectivity index (χ4n) is 3.45. The molecule has 0 saturated carbocycles. The molecule has 1 aliphatic rings. The summed E-state index contributed by atoms with van der Waals surface area (Å²) in [6.45, 7) is 2.61. The highest BCUT2D eigenvalue weighted by atomic mass is 19.1. The lowest BCUT2D eigenvalue weighted by atomic mass is 10.0. The first-order valence-corrected chi connectivity index (χ1v) is 9.44. The summed E-state index contributed by atoms with van der Waals surface area (Å²) >= 11 is 0. The molecule has 0 N–H and O–H groups in total. The van der Waals surface area contributed by atoms with E-state index in [4.69, 9.17) is 4.74 Å². The van der Waals surface area contributed by atoms with E-state index >= 15 is 0 Å². The molecule has 1 aliphatic heterocycles. The van der Waals surface area contributed by atoms with Crippen LogP contribution in [0.3, 0.4) is 0 Å². The van der Waals surface area contributed by atoms with Gasteiger partial charge in [0.05, 0.1) is 19.0 Å². The molecule has 4 rings (SSSR count). The number of piperidine rings is 1. The molecule has 6 heteroatoms. The zero-order valence-electron chi connectivity index (χ0n) is 15.9. The van der Waals surface area contributed by atoms with Crippen molar-refractivity contribution in [1.82, 2.24) is 19.9 Å². The molecule has 0 radical (unpaired) electrons. The monoisotopic (exact) mass is 378 g/mol. The molecule has 0 unspecified atom stereocenters. The summed E-state index contributed by atoms with van der Waals surface area (Å²) in [6, 6.07) is 17.8. The Balaban J connectivity index is 1.42. The van der Waals surface area contributed by atoms with Gasteiger partial charge in [-0.3, -0.25) is 4.90 Å². The second kappa shape index (κ2) is 8.35. The zero-order chi connectivity index (χ0) is 19.3. The zero-order valence-corrected chi connectivity index (χ0v) is 15.9. The van der Waals surface area contributed by atoms with Crippen LogP contribution in [0.1, 0.15) is 24.1 Å². The molecule has 0 atom stereocenters. The molecular weight excluding hydrogens is 355 g/mol. The molecule has 3 aromatic rings. The van der Waals surface area contributed by atoms with Crippen molar-refractivity contribution in [3.05, 3.63) is 77.6 Å². The van der Waals surface area contributed by atoms with Crippen molar-refractivity contribution in [2.24, 2.45) is 0 Å². The number of halogens is 1. The maximum absolute atomic E-state index is 14.9. The Morgan fingerprint density at radius 1 is 1.04 bits per heavy atom. The van der Waals surface area contributed by atoms with Gasteiger partial charge in [-0.05, 0) is 48.2 Å². The highest BCUT2D eigenvalue weighted by Crippen LogP contribution is 2.27. The minimum atomic E-state index is -0.237. The van der Waals surface area contributed by atoms with Crippen molar-refractivity contribution in [2.75, 3.05) is 20.2 Å². The van der Waals surface area contributed by atoms with Gasteiger partial charge in [0.25, 0.3) is 0 Å². The van der Waals surface area contributed by atoms with Crippen LogP contribution in [0.15, 0.2) is 66.4 Å². The molecule has 0 bridgehead atoms. The number of rotatable bonds is 5. The van der Waals surface area contributed by atoms with Crippen LogP contribution < -0.4 is 4.74 Å². The minimum absolute atomic E-state index is 0.237. The van der Waals surface area contributed by atoms with E-state index in [0.29, 0.717) is 18.5 Å². The van der Waals surface area contributed by atoms with Crippen LogP contribution in [0.4, 0.5) is 4.39 Å². The molecule has 2 aromatic carbocycles. The van der Waals surface area contributed by atoms with Gasteiger partial charge >= 0.3 is 0 Å². The van der Waals surface area contributed by atoms with Gasteiger partial charge in [0, 0.05) is 19.6 Å². The van der Waals surface area contributed by atoms with Gasteiger partial charge in [-0.25, -0.2) is 9.07 Å². The quantitative estimate of drug-likeness (QED) is 0.666. The predicted octanol–water partition coefficient (Wildman–Crippen LogP) is 4.25. The lowest BCUT2D eigenvalue weighted by Gasteiger charge is -2.28. The molecule has 2 heterocycles. The topological polar surface area (TPSA) is 43.2 Å². The number of nitrogens with zero attached hydrogens (tertiary/aromatic N) is 4. The molecule has 1 saturated heterocycles. The first-order valence-electron chi connectivity index (χ1n) is 9.44. The standard InChI is InChI=1S/C22H23FN4O/c1-28-20-9-7-19(8-10-20)27-16-21(24-25-27)22(23)18-11-13-26(14-12-18)15-17-5-3-2-4-6-17/h2-10,16H,11-15H2,1H3. The Bertz CT molecular complexity index is 940. The number of methoxy groups -OCH3 is 1. The van der Waals surface area contributed by atoms with Gasteiger partial charge in [0.2, 0.25) is 0 Å². The fourth-order valence-corrected chi connectivity index (χ4v) is 3.45. The van der Waals surface area contributed by atoms with Crippen LogP contribution in [-0.2, 0) is 6.54 Å². The molecule has 0 amide bonds. The summed E-state index contributed by atoms with van der Waals surface area (Å²) in [5.41, 5.74) is 3.22. The molecule has 144 valence electrons. The summed E-state index contributed by atoms with van der Waals surface area (Å²) in [4.78, 5) is 2.36. The number of hydrogen-bond donors (Lipinski definition) is 0. The Hall–Kier alpha value is -2.99. The van der Waals surface area contributed by atoms with Gasteiger partial charge < -0.3 is 4.74 Å². The Kier molecular flexibility index (Phi) is 5.48. The lowest BCUT2D eigenvalue weighted by molar-refractivity contribution is 0.247. The third-order valence-electron chi connectivity index (χ3n) is 5.07. The van der Waals surface area contributed by atoms with Gasteiger partial charge in [-0.15, -0.1) is 5.10 Å². The largest absolute Gasteiger partial charge is 0.497 e. The maximum Gasteiger partial charge on any atom is 0.151 e. The van der Waals surface area contributed by atoms with E-state index in [9.17, 15) is 4.39 Å².